The van der Waals surface area contributed by atoms with E-state index in [1.807, 2.05) is 32.0 Å². The lowest BCUT2D eigenvalue weighted by atomic mass is 10.1. The summed E-state index contributed by atoms with van der Waals surface area (Å²) < 4.78 is 26.0. The zero-order valence-corrected chi connectivity index (χ0v) is 16.1. The van der Waals surface area contributed by atoms with Crippen LogP contribution in [0.2, 0.25) is 0 Å². The molecule has 24 heavy (non-hydrogen) atoms. The molecule has 128 valence electrons. The van der Waals surface area contributed by atoms with Crippen molar-refractivity contribution in [2.24, 2.45) is 0 Å². The van der Waals surface area contributed by atoms with Crippen molar-refractivity contribution in [3.63, 3.8) is 0 Å². The molecule has 0 atom stereocenters. The van der Waals surface area contributed by atoms with E-state index < -0.39 is 15.9 Å². The van der Waals surface area contributed by atoms with Crippen LogP contribution in [0.25, 0.3) is 0 Å². The van der Waals surface area contributed by atoms with E-state index in [1.165, 1.54) is 0 Å². The van der Waals surface area contributed by atoms with E-state index in [9.17, 15) is 13.2 Å². The van der Waals surface area contributed by atoms with Crippen LogP contribution < -0.4 is 9.62 Å². The van der Waals surface area contributed by atoms with Gasteiger partial charge in [-0.05, 0) is 55.3 Å². The number of aryl methyl sites for hydroxylation is 2. The number of anilines is 2. The molecular weight excluding hydrogens is 392 g/mol. The molecule has 0 aliphatic heterocycles. The second kappa shape index (κ2) is 7.36. The number of hydrogen-bond acceptors (Lipinski definition) is 3. The predicted molar refractivity (Wildman–Crippen MR) is 101 cm³/mol. The van der Waals surface area contributed by atoms with Gasteiger partial charge in [0.1, 0.15) is 6.54 Å². The van der Waals surface area contributed by atoms with Crippen LogP contribution in [-0.4, -0.2) is 27.1 Å². The van der Waals surface area contributed by atoms with Gasteiger partial charge in [-0.2, -0.15) is 0 Å². The molecule has 0 saturated heterocycles. The zero-order valence-electron chi connectivity index (χ0n) is 13.7. The Morgan fingerprint density at radius 2 is 1.75 bits per heavy atom. The molecule has 2 aromatic rings. The fraction of sp³-hybridized carbons (Fsp3) is 0.235. The van der Waals surface area contributed by atoms with Gasteiger partial charge in [0.2, 0.25) is 15.9 Å². The number of amides is 1. The van der Waals surface area contributed by atoms with Crippen molar-refractivity contribution in [3.8, 4) is 0 Å². The standard InChI is InChI=1S/C17H19BrN2O3S/c1-12-4-5-13(2)16(10-12)19-17(21)11-20(24(3,22)23)15-8-6-14(18)7-9-15/h4-10H,11H2,1-3H3,(H,19,21). The van der Waals surface area contributed by atoms with E-state index in [1.54, 1.807) is 24.3 Å². The maximum Gasteiger partial charge on any atom is 0.245 e. The van der Waals surface area contributed by atoms with Crippen molar-refractivity contribution in [1.82, 2.24) is 0 Å². The molecule has 0 unspecified atom stereocenters. The number of hydrogen-bond donors (Lipinski definition) is 1. The van der Waals surface area contributed by atoms with Crippen LogP contribution in [-0.2, 0) is 14.8 Å². The largest absolute Gasteiger partial charge is 0.324 e. The Hall–Kier alpha value is -1.86. The van der Waals surface area contributed by atoms with Gasteiger partial charge >= 0.3 is 0 Å². The first-order valence-corrected chi connectivity index (χ1v) is 9.91. The lowest BCUT2D eigenvalue weighted by Crippen LogP contribution is -2.37. The predicted octanol–water partition coefficient (Wildman–Crippen LogP) is 3.47. The molecule has 0 spiro atoms. The van der Waals surface area contributed by atoms with Gasteiger partial charge in [0.15, 0.2) is 0 Å². The van der Waals surface area contributed by atoms with Crippen LogP contribution in [0.15, 0.2) is 46.9 Å². The highest BCUT2D eigenvalue weighted by Gasteiger charge is 2.21. The molecule has 0 aliphatic carbocycles. The number of benzene rings is 2. The molecule has 0 radical (unpaired) electrons. The van der Waals surface area contributed by atoms with Gasteiger partial charge in [0, 0.05) is 10.2 Å². The SMILES string of the molecule is Cc1ccc(C)c(NC(=O)CN(c2ccc(Br)cc2)S(C)(=O)=O)c1. The van der Waals surface area contributed by atoms with Gasteiger partial charge in [-0.25, -0.2) is 8.42 Å². The van der Waals surface area contributed by atoms with E-state index >= 15 is 0 Å². The van der Waals surface area contributed by atoms with Crippen LogP contribution >= 0.6 is 15.9 Å². The summed E-state index contributed by atoms with van der Waals surface area (Å²) in [6.45, 7) is 3.53. The average Bonchev–Trinajstić information content (AvgIpc) is 2.48. The molecule has 7 heteroatoms. The van der Waals surface area contributed by atoms with Crippen molar-refractivity contribution in [3.05, 3.63) is 58.1 Å². The molecular formula is C17H19BrN2O3S. The molecule has 0 bridgehead atoms. The third-order valence-electron chi connectivity index (χ3n) is 3.47. The van der Waals surface area contributed by atoms with E-state index in [0.717, 1.165) is 26.2 Å². The maximum absolute atomic E-state index is 12.3. The van der Waals surface area contributed by atoms with Gasteiger partial charge in [-0.3, -0.25) is 9.10 Å². The van der Waals surface area contributed by atoms with Gasteiger partial charge in [0.25, 0.3) is 0 Å². The molecule has 5 nitrogen and oxygen atoms in total. The molecule has 0 fully saturated rings. The Morgan fingerprint density at radius 3 is 2.33 bits per heavy atom. The van der Waals surface area contributed by atoms with E-state index in [-0.39, 0.29) is 6.54 Å². The van der Waals surface area contributed by atoms with Crippen LogP contribution in [0.4, 0.5) is 11.4 Å². The van der Waals surface area contributed by atoms with Crippen LogP contribution in [0.3, 0.4) is 0 Å². The first-order valence-electron chi connectivity index (χ1n) is 7.27. The number of halogens is 1. The molecule has 1 amide bonds. The maximum atomic E-state index is 12.3. The van der Waals surface area contributed by atoms with E-state index in [4.69, 9.17) is 0 Å². The lowest BCUT2D eigenvalue weighted by molar-refractivity contribution is -0.114. The van der Waals surface area contributed by atoms with Crippen molar-refractivity contribution >= 4 is 43.2 Å². The number of carbonyl (C=O) groups is 1. The number of nitrogens with one attached hydrogen (secondary N) is 1. The normalized spacial score (nSPS) is 11.2. The second-order valence-electron chi connectivity index (χ2n) is 5.61. The third kappa shape index (κ3) is 4.82. The van der Waals surface area contributed by atoms with Crippen LogP contribution in [0.5, 0.6) is 0 Å². The second-order valence-corrected chi connectivity index (χ2v) is 8.44. The Labute approximate surface area is 150 Å². The number of rotatable bonds is 5. The summed E-state index contributed by atoms with van der Waals surface area (Å²) in [5.74, 6) is -0.392. The first kappa shape index (κ1) is 18.5. The Kier molecular flexibility index (Phi) is 5.66. The van der Waals surface area contributed by atoms with Crippen molar-refractivity contribution < 1.29 is 13.2 Å². The van der Waals surface area contributed by atoms with E-state index in [0.29, 0.717) is 11.4 Å². The summed E-state index contributed by atoms with van der Waals surface area (Å²) in [4.78, 5) is 12.3. The summed E-state index contributed by atoms with van der Waals surface area (Å²) >= 11 is 3.31. The molecule has 1 N–H and O–H groups in total. The molecule has 0 heterocycles. The minimum Gasteiger partial charge on any atom is -0.324 e. The molecule has 2 aromatic carbocycles. The summed E-state index contributed by atoms with van der Waals surface area (Å²) in [7, 11) is -3.58. The number of carbonyl (C=O) groups excluding carboxylic acids is 1. The Bertz CT molecular complexity index is 849. The monoisotopic (exact) mass is 410 g/mol. The number of sulfonamides is 1. The minimum atomic E-state index is -3.58. The van der Waals surface area contributed by atoms with Gasteiger partial charge < -0.3 is 5.32 Å². The molecule has 0 aromatic heterocycles. The highest BCUT2D eigenvalue weighted by molar-refractivity contribution is 9.10. The summed E-state index contributed by atoms with van der Waals surface area (Å²) in [5, 5.41) is 2.78. The highest BCUT2D eigenvalue weighted by Crippen LogP contribution is 2.21. The number of nitrogens with zero attached hydrogens (tertiary/aromatic N) is 1. The van der Waals surface area contributed by atoms with Gasteiger partial charge in [-0.15, -0.1) is 0 Å². The van der Waals surface area contributed by atoms with Crippen molar-refractivity contribution in [1.29, 1.82) is 0 Å². The van der Waals surface area contributed by atoms with Gasteiger partial charge in [0.05, 0.1) is 11.9 Å². The fourth-order valence-corrected chi connectivity index (χ4v) is 3.32. The molecule has 2 rings (SSSR count). The topological polar surface area (TPSA) is 66.5 Å². The summed E-state index contributed by atoms with van der Waals surface area (Å²) in [5.41, 5.74) is 3.06. The third-order valence-corrected chi connectivity index (χ3v) is 5.14. The summed E-state index contributed by atoms with van der Waals surface area (Å²) in [6.07, 6.45) is 1.08. The van der Waals surface area contributed by atoms with Gasteiger partial charge in [-0.1, -0.05) is 28.1 Å². The van der Waals surface area contributed by atoms with Crippen LogP contribution in [0, 0.1) is 13.8 Å². The van der Waals surface area contributed by atoms with E-state index in [2.05, 4.69) is 21.2 Å². The Balaban J connectivity index is 2.22. The smallest absolute Gasteiger partial charge is 0.245 e. The lowest BCUT2D eigenvalue weighted by Gasteiger charge is -2.22. The van der Waals surface area contributed by atoms with Crippen LogP contribution in [0.1, 0.15) is 11.1 Å². The highest BCUT2D eigenvalue weighted by atomic mass is 79.9. The quantitative estimate of drug-likeness (QED) is 0.820. The van der Waals surface area contributed by atoms with Crippen molar-refractivity contribution in [2.45, 2.75) is 13.8 Å². The fourth-order valence-electron chi connectivity index (χ4n) is 2.20. The molecule has 0 saturated carbocycles. The summed E-state index contributed by atoms with van der Waals surface area (Å²) in [6, 6.07) is 12.5. The van der Waals surface area contributed by atoms with Crippen molar-refractivity contribution in [2.75, 3.05) is 22.4 Å². The minimum absolute atomic E-state index is 0.284. The first-order chi connectivity index (χ1) is 11.2. The average molecular weight is 411 g/mol. The zero-order chi connectivity index (χ0) is 17.9. The Morgan fingerprint density at radius 1 is 1.12 bits per heavy atom. The molecule has 0 aliphatic rings.